The topological polar surface area (TPSA) is 67.8 Å². The molecule has 24 heavy (non-hydrogen) atoms. The molecule has 0 saturated carbocycles. The van der Waals surface area contributed by atoms with Crippen molar-refractivity contribution in [3.63, 3.8) is 0 Å². The van der Waals surface area contributed by atoms with Crippen LogP contribution in [0.25, 0.3) is 0 Å². The van der Waals surface area contributed by atoms with Crippen LogP contribution in [0.1, 0.15) is 11.4 Å². The summed E-state index contributed by atoms with van der Waals surface area (Å²) >= 11 is 0. The third-order valence-electron chi connectivity index (χ3n) is 4.49. The molecule has 1 aromatic heterocycles. The van der Waals surface area contributed by atoms with Crippen molar-refractivity contribution in [1.29, 1.82) is 0 Å². The van der Waals surface area contributed by atoms with Crippen LogP contribution in [0.5, 0.6) is 0 Å². The fourth-order valence-corrected chi connectivity index (χ4v) is 3.10. The summed E-state index contributed by atoms with van der Waals surface area (Å²) in [5.74, 6) is 0.445. The predicted molar refractivity (Wildman–Crippen MR) is 88.6 cm³/mol. The summed E-state index contributed by atoms with van der Waals surface area (Å²) in [6.07, 6.45) is 4.39. The van der Waals surface area contributed by atoms with Gasteiger partial charge in [-0.2, -0.15) is 0 Å². The Bertz CT molecular complexity index is 531. The lowest BCUT2D eigenvalue weighted by Gasteiger charge is -2.29. The van der Waals surface area contributed by atoms with Crippen molar-refractivity contribution < 1.29 is 14.3 Å². The fourth-order valence-electron chi connectivity index (χ4n) is 3.10. The molecule has 0 radical (unpaired) electrons. The molecule has 1 unspecified atom stereocenters. The van der Waals surface area contributed by atoms with E-state index in [-0.39, 0.29) is 11.8 Å². The zero-order chi connectivity index (χ0) is 16.8. The second kappa shape index (κ2) is 8.50. The Kier molecular flexibility index (Phi) is 6.12. The van der Waals surface area contributed by atoms with E-state index in [9.17, 15) is 4.79 Å². The molecular weight excluding hydrogens is 308 g/mol. The molecule has 2 fully saturated rings. The molecule has 0 aliphatic carbocycles. The molecule has 2 aliphatic rings. The van der Waals surface area contributed by atoms with Crippen LogP contribution in [0.2, 0.25) is 0 Å². The second-order valence-electron chi connectivity index (χ2n) is 6.52. The molecule has 7 heteroatoms. The van der Waals surface area contributed by atoms with Crippen LogP contribution < -0.4 is 0 Å². The van der Waals surface area contributed by atoms with Crippen molar-refractivity contribution >= 4 is 5.91 Å². The molecule has 2 saturated heterocycles. The minimum atomic E-state index is 0.183. The minimum absolute atomic E-state index is 0.183. The molecule has 3 rings (SSSR count). The number of aryl methyl sites for hydroxylation is 1. The van der Waals surface area contributed by atoms with Crippen LogP contribution >= 0.6 is 0 Å². The Morgan fingerprint density at radius 2 is 1.96 bits per heavy atom. The first kappa shape index (κ1) is 17.3. The summed E-state index contributed by atoms with van der Waals surface area (Å²) in [6.45, 7) is 8.14. The van der Waals surface area contributed by atoms with E-state index in [1.165, 1.54) is 0 Å². The molecule has 1 amide bonds. The van der Waals surface area contributed by atoms with Crippen LogP contribution in [-0.2, 0) is 20.7 Å². The van der Waals surface area contributed by atoms with Gasteiger partial charge in [-0.25, -0.2) is 0 Å². The number of aromatic nitrogens is 2. The average Bonchev–Trinajstić information content (AvgIpc) is 2.83. The summed E-state index contributed by atoms with van der Waals surface area (Å²) in [6, 6.07) is 0. The molecule has 7 nitrogen and oxygen atoms in total. The summed E-state index contributed by atoms with van der Waals surface area (Å²) < 4.78 is 11.0. The van der Waals surface area contributed by atoms with E-state index in [1.807, 2.05) is 18.0 Å². The standard InChI is InChI=1S/C17H26N4O3/c1-14-9-19-16(10-18-14)8-15-11-21(4-7-24-13-15)17(22)12-20-2-5-23-6-3-20/h9-10,15H,2-8,11-13H2,1H3. The number of nitrogens with zero attached hydrogens (tertiary/aromatic N) is 4. The highest BCUT2D eigenvalue weighted by Crippen LogP contribution is 2.13. The lowest BCUT2D eigenvalue weighted by molar-refractivity contribution is -0.133. The fraction of sp³-hybridized carbons (Fsp3) is 0.706. The molecule has 0 aromatic carbocycles. The van der Waals surface area contributed by atoms with E-state index < -0.39 is 0 Å². The van der Waals surface area contributed by atoms with Gasteiger partial charge in [0.15, 0.2) is 0 Å². The zero-order valence-electron chi connectivity index (χ0n) is 14.3. The first-order valence-electron chi connectivity index (χ1n) is 8.64. The Balaban J connectivity index is 1.55. The molecule has 0 bridgehead atoms. The van der Waals surface area contributed by atoms with Crippen molar-refractivity contribution in [1.82, 2.24) is 19.8 Å². The Labute approximate surface area is 143 Å². The van der Waals surface area contributed by atoms with Crippen LogP contribution in [0.4, 0.5) is 0 Å². The number of carbonyl (C=O) groups is 1. The number of amides is 1. The number of morpholine rings is 1. The SMILES string of the molecule is Cc1cnc(CC2COCCN(C(=O)CN3CCOCC3)C2)cn1. The van der Waals surface area contributed by atoms with Crippen molar-refractivity contribution in [2.45, 2.75) is 13.3 Å². The van der Waals surface area contributed by atoms with Gasteiger partial charge in [0, 0.05) is 44.5 Å². The zero-order valence-corrected chi connectivity index (χ0v) is 14.3. The molecule has 1 atom stereocenters. The van der Waals surface area contributed by atoms with Gasteiger partial charge in [0.25, 0.3) is 0 Å². The summed E-state index contributed by atoms with van der Waals surface area (Å²) in [5.41, 5.74) is 1.87. The largest absolute Gasteiger partial charge is 0.379 e. The number of rotatable bonds is 4. The Morgan fingerprint density at radius 1 is 1.17 bits per heavy atom. The van der Waals surface area contributed by atoms with Crippen molar-refractivity contribution in [3.05, 3.63) is 23.8 Å². The second-order valence-corrected chi connectivity index (χ2v) is 6.52. The molecule has 0 spiro atoms. The summed E-state index contributed by atoms with van der Waals surface area (Å²) in [7, 11) is 0. The van der Waals surface area contributed by atoms with E-state index >= 15 is 0 Å². The molecule has 0 N–H and O–H groups in total. The lowest BCUT2D eigenvalue weighted by Crippen LogP contribution is -2.46. The van der Waals surface area contributed by atoms with Gasteiger partial charge < -0.3 is 14.4 Å². The van der Waals surface area contributed by atoms with Gasteiger partial charge in [-0.1, -0.05) is 0 Å². The van der Waals surface area contributed by atoms with Gasteiger partial charge in [0.2, 0.25) is 5.91 Å². The smallest absolute Gasteiger partial charge is 0.236 e. The lowest BCUT2D eigenvalue weighted by atomic mass is 10.0. The summed E-state index contributed by atoms with van der Waals surface area (Å²) in [5, 5.41) is 0. The Morgan fingerprint density at radius 3 is 2.71 bits per heavy atom. The van der Waals surface area contributed by atoms with Gasteiger partial charge in [-0.3, -0.25) is 19.7 Å². The van der Waals surface area contributed by atoms with Crippen LogP contribution in [0.3, 0.4) is 0 Å². The van der Waals surface area contributed by atoms with Crippen molar-refractivity contribution in [3.8, 4) is 0 Å². The van der Waals surface area contributed by atoms with Crippen LogP contribution in [-0.4, -0.2) is 84.8 Å². The number of hydrogen-bond acceptors (Lipinski definition) is 6. The molecule has 3 heterocycles. The highest BCUT2D eigenvalue weighted by Gasteiger charge is 2.25. The highest BCUT2D eigenvalue weighted by molar-refractivity contribution is 5.78. The highest BCUT2D eigenvalue weighted by atomic mass is 16.5. The van der Waals surface area contributed by atoms with Crippen molar-refractivity contribution in [2.75, 3.05) is 59.2 Å². The summed E-state index contributed by atoms with van der Waals surface area (Å²) in [4.78, 5) is 25.4. The van der Waals surface area contributed by atoms with Crippen LogP contribution in [0, 0.1) is 12.8 Å². The maximum absolute atomic E-state index is 12.6. The Hall–Kier alpha value is -1.57. The first-order valence-corrected chi connectivity index (χ1v) is 8.64. The molecule has 132 valence electrons. The van der Waals surface area contributed by atoms with Gasteiger partial charge in [0.05, 0.1) is 44.4 Å². The third-order valence-corrected chi connectivity index (χ3v) is 4.49. The normalized spacial score (nSPS) is 23.0. The third kappa shape index (κ3) is 4.96. The van der Waals surface area contributed by atoms with E-state index in [1.54, 1.807) is 6.20 Å². The van der Waals surface area contributed by atoms with Crippen LogP contribution in [0.15, 0.2) is 12.4 Å². The van der Waals surface area contributed by atoms with E-state index in [0.29, 0.717) is 39.5 Å². The molecule has 1 aromatic rings. The number of carbonyl (C=O) groups excluding carboxylic acids is 1. The van der Waals surface area contributed by atoms with Gasteiger partial charge in [-0.15, -0.1) is 0 Å². The van der Waals surface area contributed by atoms with Gasteiger partial charge in [0.1, 0.15) is 0 Å². The van der Waals surface area contributed by atoms with E-state index in [2.05, 4.69) is 14.9 Å². The number of ether oxygens (including phenoxy) is 2. The van der Waals surface area contributed by atoms with Crippen molar-refractivity contribution in [2.24, 2.45) is 5.92 Å². The maximum atomic E-state index is 12.6. The van der Waals surface area contributed by atoms with E-state index in [0.717, 1.165) is 37.4 Å². The quantitative estimate of drug-likeness (QED) is 0.780. The van der Waals surface area contributed by atoms with E-state index in [4.69, 9.17) is 9.47 Å². The first-order chi connectivity index (χ1) is 11.7. The average molecular weight is 334 g/mol. The molecule has 2 aliphatic heterocycles. The van der Waals surface area contributed by atoms with Gasteiger partial charge >= 0.3 is 0 Å². The molecular formula is C17H26N4O3. The monoisotopic (exact) mass is 334 g/mol. The maximum Gasteiger partial charge on any atom is 0.236 e. The number of hydrogen-bond donors (Lipinski definition) is 0. The predicted octanol–water partition coefficient (Wildman–Crippen LogP) is 0.135. The van der Waals surface area contributed by atoms with Gasteiger partial charge in [-0.05, 0) is 13.3 Å². The minimum Gasteiger partial charge on any atom is -0.379 e.